The summed E-state index contributed by atoms with van der Waals surface area (Å²) < 4.78 is 1.13. The molecule has 0 spiro atoms. The van der Waals surface area contributed by atoms with E-state index in [1.54, 1.807) is 0 Å². The van der Waals surface area contributed by atoms with Gasteiger partial charge >= 0.3 is 0 Å². The van der Waals surface area contributed by atoms with E-state index in [9.17, 15) is 0 Å². The number of benzene rings is 1. The lowest BCUT2D eigenvalue weighted by Gasteiger charge is -2.29. The van der Waals surface area contributed by atoms with Gasteiger partial charge in [0.15, 0.2) is 5.96 Å². The number of guanidine groups is 1. The standard InChI is InChI=1S/C17H26BrN3/c1-3-21(4-2)16(19)20-13-17(11-5-6-12-17)14-7-9-15(18)10-8-14/h7-10H,3-6,11-13H2,1-2H3,(H2,19,20). The molecule has 0 saturated heterocycles. The Hall–Kier alpha value is -1.03. The van der Waals surface area contributed by atoms with Crippen molar-refractivity contribution in [1.29, 1.82) is 0 Å². The van der Waals surface area contributed by atoms with Gasteiger partial charge < -0.3 is 10.6 Å². The molecule has 21 heavy (non-hydrogen) atoms. The van der Waals surface area contributed by atoms with Crippen molar-refractivity contribution >= 4 is 21.9 Å². The van der Waals surface area contributed by atoms with E-state index in [0.717, 1.165) is 24.1 Å². The topological polar surface area (TPSA) is 41.6 Å². The molecule has 0 unspecified atom stereocenters. The zero-order chi connectivity index (χ0) is 15.3. The summed E-state index contributed by atoms with van der Waals surface area (Å²) in [5.41, 5.74) is 7.73. The van der Waals surface area contributed by atoms with Gasteiger partial charge in [0.1, 0.15) is 0 Å². The summed E-state index contributed by atoms with van der Waals surface area (Å²) in [4.78, 5) is 6.84. The minimum Gasteiger partial charge on any atom is -0.370 e. The molecule has 1 saturated carbocycles. The van der Waals surface area contributed by atoms with Crippen molar-refractivity contribution < 1.29 is 0 Å². The Morgan fingerprint density at radius 3 is 2.29 bits per heavy atom. The molecule has 0 atom stereocenters. The molecule has 1 aromatic rings. The third kappa shape index (κ3) is 3.79. The molecule has 3 nitrogen and oxygen atoms in total. The van der Waals surface area contributed by atoms with E-state index in [1.807, 2.05) is 0 Å². The number of hydrogen-bond acceptors (Lipinski definition) is 1. The number of rotatable bonds is 5. The van der Waals surface area contributed by atoms with Crippen LogP contribution in [0.25, 0.3) is 0 Å². The van der Waals surface area contributed by atoms with Gasteiger partial charge in [-0.3, -0.25) is 4.99 Å². The fourth-order valence-electron chi connectivity index (χ4n) is 3.27. The van der Waals surface area contributed by atoms with Crippen LogP contribution in [0.2, 0.25) is 0 Å². The van der Waals surface area contributed by atoms with Crippen molar-refractivity contribution in [3.63, 3.8) is 0 Å². The molecule has 1 aromatic carbocycles. The van der Waals surface area contributed by atoms with Crippen LogP contribution in [0.1, 0.15) is 45.1 Å². The van der Waals surface area contributed by atoms with Gasteiger partial charge in [0, 0.05) is 23.0 Å². The smallest absolute Gasteiger partial charge is 0.191 e. The van der Waals surface area contributed by atoms with E-state index in [2.05, 4.69) is 58.9 Å². The maximum Gasteiger partial charge on any atom is 0.191 e. The number of aliphatic imine (C=N–C) groups is 1. The maximum absolute atomic E-state index is 6.15. The molecule has 2 N–H and O–H groups in total. The van der Waals surface area contributed by atoms with Crippen molar-refractivity contribution in [1.82, 2.24) is 4.90 Å². The Balaban J connectivity index is 2.19. The third-order valence-electron chi connectivity index (χ3n) is 4.65. The van der Waals surface area contributed by atoms with Crippen LogP contribution in [-0.4, -0.2) is 30.5 Å². The van der Waals surface area contributed by atoms with Crippen molar-refractivity contribution in [2.45, 2.75) is 44.9 Å². The Kier molecular flexibility index (Phi) is 5.68. The molecule has 4 heteroatoms. The number of nitrogens with zero attached hydrogens (tertiary/aromatic N) is 2. The van der Waals surface area contributed by atoms with Crippen LogP contribution < -0.4 is 5.73 Å². The van der Waals surface area contributed by atoms with Crippen LogP contribution in [-0.2, 0) is 5.41 Å². The van der Waals surface area contributed by atoms with Gasteiger partial charge in [0.2, 0.25) is 0 Å². The lowest BCUT2D eigenvalue weighted by Crippen LogP contribution is -2.38. The average Bonchev–Trinajstić information content (AvgIpc) is 2.97. The van der Waals surface area contributed by atoms with Gasteiger partial charge in [-0.2, -0.15) is 0 Å². The molecule has 0 amide bonds. The highest BCUT2D eigenvalue weighted by atomic mass is 79.9. The predicted molar refractivity (Wildman–Crippen MR) is 93.7 cm³/mol. The monoisotopic (exact) mass is 351 g/mol. The van der Waals surface area contributed by atoms with Crippen LogP contribution in [0.4, 0.5) is 0 Å². The molecule has 0 aliphatic heterocycles. The molecule has 116 valence electrons. The number of halogens is 1. The van der Waals surface area contributed by atoms with Crippen molar-refractivity contribution in [3.8, 4) is 0 Å². The fraction of sp³-hybridized carbons (Fsp3) is 0.588. The summed E-state index contributed by atoms with van der Waals surface area (Å²) in [5, 5.41) is 0. The van der Waals surface area contributed by atoms with E-state index in [-0.39, 0.29) is 5.41 Å². The highest BCUT2D eigenvalue weighted by Crippen LogP contribution is 2.41. The maximum atomic E-state index is 6.15. The Morgan fingerprint density at radius 1 is 1.19 bits per heavy atom. The molecule has 0 heterocycles. The van der Waals surface area contributed by atoms with E-state index in [4.69, 9.17) is 10.7 Å². The molecule has 0 aromatic heterocycles. The highest BCUT2D eigenvalue weighted by molar-refractivity contribution is 9.10. The summed E-state index contributed by atoms with van der Waals surface area (Å²) in [5.74, 6) is 0.684. The Bertz CT molecular complexity index is 471. The van der Waals surface area contributed by atoms with Crippen LogP contribution in [0.3, 0.4) is 0 Å². The summed E-state index contributed by atoms with van der Waals surface area (Å²) in [7, 11) is 0. The van der Waals surface area contributed by atoms with Crippen LogP contribution in [0, 0.1) is 0 Å². The summed E-state index contributed by atoms with van der Waals surface area (Å²) >= 11 is 3.52. The van der Waals surface area contributed by atoms with Gasteiger partial charge in [0.25, 0.3) is 0 Å². The van der Waals surface area contributed by atoms with Crippen LogP contribution in [0.15, 0.2) is 33.7 Å². The second-order valence-electron chi connectivity index (χ2n) is 5.84. The normalized spacial score (nSPS) is 18.0. The zero-order valence-corrected chi connectivity index (χ0v) is 14.7. The Morgan fingerprint density at radius 2 is 1.76 bits per heavy atom. The minimum atomic E-state index is 0.179. The first-order valence-corrected chi connectivity index (χ1v) is 8.71. The van der Waals surface area contributed by atoms with Crippen molar-refractivity contribution in [2.75, 3.05) is 19.6 Å². The molecule has 1 fully saturated rings. The molecule has 2 rings (SSSR count). The number of nitrogens with two attached hydrogens (primary N) is 1. The molecular weight excluding hydrogens is 326 g/mol. The third-order valence-corrected chi connectivity index (χ3v) is 5.18. The highest BCUT2D eigenvalue weighted by Gasteiger charge is 2.35. The molecular formula is C17H26BrN3. The summed E-state index contributed by atoms with van der Waals surface area (Å²) in [6, 6.07) is 8.73. The van der Waals surface area contributed by atoms with E-state index in [1.165, 1.54) is 31.2 Å². The molecule has 1 aliphatic rings. The SMILES string of the molecule is CCN(CC)C(N)=NCC1(c2ccc(Br)cc2)CCCC1. The van der Waals surface area contributed by atoms with Gasteiger partial charge in [-0.15, -0.1) is 0 Å². The molecule has 0 bridgehead atoms. The first kappa shape index (κ1) is 16.3. The van der Waals surface area contributed by atoms with Crippen molar-refractivity contribution in [3.05, 3.63) is 34.3 Å². The number of hydrogen-bond donors (Lipinski definition) is 1. The van der Waals surface area contributed by atoms with Crippen LogP contribution in [0.5, 0.6) is 0 Å². The molecule has 0 radical (unpaired) electrons. The first-order valence-electron chi connectivity index (χ1n) is 7.92. The van der Waals surface area contributed by atoms with Gasteiger partial charge in [-0.05, 0) is 44.4 Å². The predicted octanol–water partition coefficient (Wildman–Crippen LogP) is 3.92. The fourth-order valence-corrected chi connectivity index (χ4v) is 3.54. The minimum absolute atomic E-state index is 0.179. The first-order chi connectivity index (χ1) is 10.1. The van der Waals surface area contributed by atoms with E-state index < -0.39 is 0 Å². The summed E-state index contributed by atoms with van der Waals surface area (Å²) in [6.07, 6.45) is 5.00. The lowest BCUT2D eigenvalue weighted by molar-refractivity contribution is 0.432. The lowest BCUT2D eigenvalue weighted by atomic mass is 9.79. The quantitative estimate of drug-likeness (QED) is 0.645. The largest absolute Gasteiger partial charge is 0.370 e. The molecule has 1 aliphatic carbocycles. The van der Waals surface area contributed by atoms with Crippen molar-refractivity contribution in [2.24, 2.45) is 10.7 Å². The van der Waals surface area contributed by atoms with Gasteiger partial charge in [0.05, 0.1) is 6.54 Å². The average molecular weight is 352 g/mol. The van der Waals surface area contributed by atoms with Crippen LogP contribution >= 0.6 is 15.9 Å². The van der Waals surface area contributed by atoms with Gasteiger partial charge in [-0.25, -0.2) is 0 Å². The summed E-state index contributed by atoms with van der Waals surface area (Å²) in [6.45, 7) is 6.86. The van der Waals surface area contributed by atoms with E-state index in [0.29, 0.717) is 5.96 Å². The zero-order valence-electron chi connectivity index (χ0n) is 13.1. The Labute approximate surface area is 136 Å². The van der Waals surface area contributed by atoms with E-state index >= 15 is 0 Å². The second-order valence-corrected chi connectivity index (χ2v) is 6.76. The second kappa shape index (κ2) is 7.30. The van der Waals surface area contributed by atoms with Gasteiger partial charge in [-0.1, -0.05) is 40.9 Å².